The number of halogens is 3. The lowest BCUT2D eigenvalue weighted by Crippen LogP contribution is -2.44. The molecule has 0 spiro atoms. The Morgan fingerprint density at radius 3 is 2.26 bits per heavy atom. The molecule has 0 unspecified atom stereocenters. The average Bonchev–Trinajstić information content (AvgIpc) is 2.74. The van der Waals surface area contributed by atoms with Gasteiger partial charge >= 0.3 is 12.4 Å². The van der Waals surface area contributed by atoms with Gasteiger partial charge in [0.1, 0.15) is 5.75 Å². The van der Waals surface area contributed by atoms with Gasteiger partial charge in [-0.25, -0.2) is 4.79 Å². The van der Waals surface area contributed by atoms with Crippen molar-refractivity contribution in [3.8, 4) is 5.75 Å². The lowest BCUT2D eigenvalue weighted by molar-refractivity contribution is -0.274. The van der Waals surface area contributed by atoms with E-state index >= 15 is 0 Å². The first-order valence-electron chi connectivity index (χ1n) is 9.92. The summed E-state index contributed by atoms with van der Waals surface area (Å²) >= 11 is 0. The van der Waals surface area contributed by atoms with Gasteiger partial charge in [0.2, 0.25) is 5.91 Å². The zero-order valence-corrected chi connectivity index (χ0v) is 17.1. The fourth-order valence-electron chi connectivity index (χ4n) is 3.51. The van der Waals surface area contributed by atoms with Crippen LogP contribution in [0.5, 0.6) is 5.75 Å². The number of benzene rings is 2. The second-order valence-electron chi connectivity index (χ2n) is 7.44. The van der Waals surface area contributed by atoms with E-state index in [4.69, 9.17) is 0 Å². The van der Waals surface area contributed by atoms with Gasteiger partial charge in [0, 0.05) is 38.3 Å². The van der Waals surface area contributed by atoms with Crippen LogP contribution in [0.15, 0.2) is 54.6 Å². The molecule has 1 N–H and O–H groups in total. The highest BCUT2D eigenvalue weighted by Crippen LogP contribution is 2.24. The van der Waals surface area contributed by atoms with Crippen molar-refractivity contribution >= 4 is 17.6 Å². The van der Waals surface area contributed by atoms with Crippen LogP contribution in [0.1, 0.15) is 18.4 Å². The summed E-state index contributed by atoms with van der Waals surface area (Å²) in [5, 5.41) is 2.84. The molecule has 1 aliphatic heterocycles. The molecule has 1 saturated heterocycles. The summed E-state index contributed by atoms with van der Waals surface area (Å²) in [6.07, 6.45) is -3.62. The highest BCUT2D eigenvalue weighted by atomic mass is 19.4. The second kappa shape index (κ2) is 9.72. The van der Waals surface area contributed by atoms with Crippen molar-refractivity contribution in [3.05, 3.63) is 60.2 Å². The minimum absolute atomic E-state index is 0.0428. The van der Waals surface area contributed by atoms with Crippen LogP contribution >= 0.6 is 0 Å². The molecule has 6 nitrogen and oxygen atoms in total. The SMILES string of the molecule is CN(Cc1ccc(OC(F)(F)F)cc1)C(=O)C1CCN(C(=O)Nc2ccccc2)CC1. The quantitative estimate of drug-likeness (QED) is 0.753. The number of carbonyl (C=O) groups is 2. The Morgan fingerprint density at radius 1 is 1.06 bits per heavy atom. The van der Waals surface area contributed by atoms with Crippen LogP contribution in [0.2, 0.25) is 0 Å². The predicted molar refractivity (Wildman–Crippen MR) is 109 cm³/mol. The van der Waals surface area contributed by atoms with Crippen molar-refractivity contribution in [1.29, 1.82) is 0 Å². The summed E-state index contributed by atoms with van der Waals surface area (Å²) in [5.41, 5.74) is 1.42. The molecular weight excluding hydrogens is 411 g/mol. The van der Waals surface area contributed by atoms with E-state index in [-0.39, 0.29) is 30.2 Å². The fourth-order valence-corrected chi connectivity index (χ4v) is 3.51. The van der Waals surface area contributed by atoms with Gasteiger partial charge in [0.15, 0.2) is 0 Å². The molecule has 9 heteroatoms. The average molecular weight is 435 g/mol. The van der Waals surface area contributed by atoms with Crippen LogP contribution in [0, 0.1) is 5.92 Å². The van der Waals surface area contributed by atoms with Crippen LogP contribution in [0.3, 0.4) is 0 Å². The Kier molecular flexibility index (Phi) is 7.04. The largest absolute Gasteiger partial charge is 0.573 e. The topological polar surface area (TPSA) is 61.9 Å². The lowest BCUT2D eigenvalue weighted by atomic mass is 9.95. The van der Waals surface area contributed by atoms with Gasteiger partial charge in [-0.15, -0.1) is 13.2 Å². The van der Waals surface area contributed by atoms with E-state index in [0.29, 0.717) is 31.5 Å². The number of urea groups is 1. The molecule has 1 heterocycles. The zero-order valence-electron chi connectivity index (χ0n) is 17.1. The van der Waals surface area contributed by atoms with Gasteiger partial charge < -0.3 is 19.9 Å². The van der Waals surface area contributed by atoms with E-state index < -0.39 is 6.36 Å². The second-order valence-corrected chi connectivity index (χ2v) is 7.44. The number of carbonyl (C=O) groups excluding carboxylic acids is 2. The summed E-state index contributed by atoms with van der Waals surface area (Å²) < 4.78 is 40.6. The molecule has 1 fully saturated rings. The molecule has 0 aliphatic carbocycles. The smallest absolute Gasteiger partial charge is 0.406 e. The number of alkyl halides is 3. The fraction of sp³-hybridized carbons (Fsp3) is 0.364. The first-order chi connectivity index (χ1) is 14.7. The standard InChI is InChI=1S/C22H24F3N3O3/c1-27(15-16-7-9-19(10-8-16)31-22(23,24)25)20(29)17-11-13-28(14-12-17)21(30)26-18-5-3-2-4-6-18/h2-10,17H,11-15H2,1H3,(H,26,30). The van der Waals surface area contributed by atoms with E-state index in [1.165, 1.54) is 24.3 Å². The number of rotatable bonds is 5. The van der Waals surface area contributed by atoms with Crippen molar-refractivity contribution in [3.63, 3.8) is 0 Å². The molecule has 3 rings (SSSR count). The summed E-state index contributed by atoms with van der Waals surface area (Å²) in [5.74, 6) is -0.538. The molecule has 31 heavy (non-hydrogen) atoms. The summed E-state index contributed by atoms with van der Waals surface area (Å²) in [4.78, 5) is 28.4. The molecule has 3 amide bonds. The molecule has 166 valence electrons. The number of likely N-dealkylation sites (tertiary alicyclic amines) is 1. The highest BCUT2D eigenvalue weighted by molar-refractivity contribution is 5.89. The van der Waals surface area contributed by atoms with Crippen LogP contribution in [0.4, 0.5) is 23.7 Å². The van der Waals surface area contributed by atoms with Crippen molar-refractivity contribution in [2.45, 2.75) is 25.7 Å². The zero-order chi connectivity index (χ0) is 22.4. The summed E-state index contributed by atoms with van der Waals surface area (Å²) in [7, 11) is 1.66. The Balaban J connectivity index is 1.47. The van der Waals surface area contributed by atoms with Gasteiger partial charge in [-0.2, -0.15) is 0 Å². The van der Waals surface area contributed by atoms with Crippen molar-refractivity contribution in [2.75, 3.05) is 25.5 Å². The maximum atomic E-state index is 12.8. The van der Waals surface area contributed by atoms with Crippen LogP contribution in [0.25, 0.3) is 0 Å². The summed E-state index contributed by atoms with van der Waals surface area (Å²) in [6, 6.07) is 14.4. The first-order valence-corrected chi connectivity index (χ1v) is 9.92. The summed E-state index contributed by atoms with van der Waals surface area (Å²) in [6.45, 7) is 1.23. The first kappa shape index (κ1) is 22.5. The van der Waals surface area contributed by atoms with Crippen molar-refractivity contribution < 1.29 is 27.5 Å². The molecule has 1 aliphatic rings. The predicted octanol–water partition coefficient (Wildman–Crippen LogP) is 4.49. The lowest BCUT2D eigenvalue weighted by Gasteiger charge is -2.33. The minimum Gasteiger partial charge on any atom is -0.406 e. The molecule has 0 atom stereocenters. The monoisotopic (exact) mass is 435 g/mol. The molecular formula is C22H24F3N3O3. The van der Waals surface area contributed by atoms with E-state index in [0.717, 1.165) is 5.69 Å². The number of nitrogens with zero attached hydrogens (tertiary/aromatic N) is 2. The van der Waals surface area contributed by atoms with E-state index in [2.05, 4.69) is 10.1 Å². The number of amides is 3. The molecule has 0 aromatic heterocycles. The highest BCUT2D eigenvalue weighted by Gasteiger charge is 2.31. The van der Waals surface area contributed by atoms with Crippen LogP contribution < -0.4 is 10.1 Å². The van der Waals surface area contributed by atoms with Crippen LogP contribution in [-0.2, 0) is 11.3 Å². The number of para-hydroxylation sites is 1. The number of nitrogens with one attached hydrogen (secondary N) is 1. The number of hydrogen-bond donors (Lipinski definition) is 1. The van der Waals surface area contributed by atoms with Gasteiger partial charge in [-0.1, -0.05) is 30.3 Å². The maximum Gasteiger partial charge on any atom is 0.573 e. The Labute approximate surface area is 178 Å². The normalized spacial score (nSPS) is 14.8. The maximum absolute atomic E-state index is 12.8. The molecule has 0 bridgehead atoms. The Bertz CT molecular complexity index is 880. The van der Waals surface area contributed by atoms with E-state index in [1.807, 2.05) is 30.3 Å². The molecule has 2 aromatic carbocycles. The van der Waals surface area contributed by atoms with Crippen molar-refractivity contribution in [2.24, 2.45) is 5.92 Å². The number of hydrogen-bond acceptors (Lipinski definition) is 3. The molecule has 0 radical (unpaired) electrons. The Hall–Kier alpha value is -3.23. The third-order valence-corrected chi connectivity index (χ3v) is 5.11. The van der Waals surface area contributed by atoms with E-state index in [9.17, 15) is 22.8 Å². The van der Waals surface area contributed by atoms with Gasteiger partial charge in [-0.3, -0.25) is 4.79 Å². The van der Waals surface area contributed by atoms with Gasteiger partial charge in [0.25, 0.3) is 0 Å². The third-order valence-electron chi connectivity index (χ3n) is 5.11. The van der Waals surface area contributed by atoms with Crippen LogP contribution in [-0.4, -0.2) is 48.2 Å². The number of anilines is 1. The van der Waals surface area contributed by atoms with Gasteiger partial charge in [-0.05, 0) is 42.7 Å². The Morgan fingerprint density at radius 2 is 1.68 bits per heavy atom. The van der Waals surface area contributed by atoms with E-state index in [1.54, 1.807) is 16.8 Å². The third kappa shape index (κ3) is 6.63. The molecule has 0 saturated carbocycles. The number of piperidine rings is 1. The minimum atomic E-state index is -4.73. The van der Waals surface area contributed by atoms with Gasteiger partial charge in [0.05, 0.1) is 0 Å². The van der Waals surface area contributed by atoms with Crippen molar-refractivity contribution in [1.82, 2.24) is 9.80 Å². The molecule has 2 aromatic rings. The number of ether oxygens (including phenoxy) is 1.